The van der Waals surface area contributed by atoms with E-state index in [0.29, 0.717) is 28.6 Å². The van der Waals surface area contributed by atoms with Gasteiger partial charge in [-0.2, -0.15) is 9.90 Å². The molecule has 7 nitrogen and oxygen atoms in total. The number of ether oxygens (including phenoxy) is 1. The van der Waals surface area contributed by atoms with Gasteiger partial charge in [0.25, 0.3) is 5.91 Å². The molecule has 8 heteroatoms. The highest BCUT2D eigenvalue weighted by molar-refractivity contribution is 6.30. The van der Waals surface area contributed by atoms with Gasteiger partial charge >= 0.3 is 0 Å². The van der Waals surface area contributed by atoms with Crippen molar-refractivity contribution in [3.05, 3.63) is 40.7 Å². The predicted molar refractivity (Wildman–Crippen MR) is 109 cm³/mol. The number of carbonyl (C=O) groups is 1. The van der Waals surface area contributed by atoms with Gasteiger partial charge in [0, 0.05) is 30.2 Å². The third-order valence-corrected chi connectivity index (χ3v) is 5.23. The van der Waals surface area contributed by atoms with Crippen molar-refractivity contribution < 1.29 is 9.53 Å². The summed E-state index contributed by atoms with van der Waals surface area (Å²) >= 11 is 6.04. The average molecular weight is 406 g/mol. The summed E-state index contributed by atoms with van der Waals surface area (Å²) in [5.41, 5.74) is 1.41. The van der Waals surface area contributed by atoms with Crippen molar-refractivity contribution in [2.45, 2.75) is 52.4 Å². The van der Waals surface area contributed by atoms with Gasteiger partial charge in [0.05, 0.1) is 23.6 Å². The maximum absolute atomic E-state index is 12.7. The summed E-state index contributed by atoms with van der Waals surface area (Å²) in [6, 6.07) is 7.21. The molecule has 1 fully saturated rings. The number of amides is 1. The van der Waals surface area contributed by atoms with Crippen molar-refractivity contribution in [1.82, 2.24) is 25.2 Å². The second-order valence-electron chi connectivity index (χ2n) is 8.06. The standard InChI is InChI=1S/C20H28ClN5O2/c1-13-10-25(11-14(2)28-13)20(4,5)12-22-19(27)18-15(3)23-26(24-18)17-8-6-7-16(21)9-17/h6-9,13-14H,10-12H2,1-5H3,(H,22,27)/t13-,14+. The Morgan fingerprint density at radius 2 is 1.96 bits per heavy atom. The topological polar surface area (TPSA) is 72.3 Å². The van der Waals surface area contributed by atoms with Crippen LogP contribution in [0.25, 0.3) is 5.69 Å². The zero-order valence-electron chi connectivity index (χ0n) is 17.1. The van der Waals surface area contributed by atoms with Crippen LogP contribution in [0.3, 0.4) is 0 Å². The van der Waals surface area contributed by atoms with Gasteiger partial charge in [0.1, 0.15) is 0 Å². The van der Waals surface area contributed by atoms with E-state index in [-0.39, 0.29) is 23.7 Å². The molecule has 3 rings (SSSR count). The first kappa shape index (κ1) is 20.8. The van der Waals surface area contributed by atoms with Crippen LogP contribution in [0.15, 0.2) is 24.3 Å². The monoisotopic (exact) mass is 405 g/mol. The van der Waals surface area contributed by atoms with E-state index in [1.54, 1.807) is 19.1 Å². The summed E-state index contributed by atoms with van der Waals surface area (Å²) in [6.07, 6.45) is 0.358. The molecular formula is C20H28ClN5O2. The Labute approximate surface area is 171 Å². The minimum absolute atomic E-state index is 0.179. The lowest BCUT2D eigenvalue weighted by atomic mass is 10.00. The second kappa shape index (κ2) is 8.19. The average Bonchev–Trinajstić information content (AvgIpc) is 3.01. The lowest BCUT2D eigenvalue weighted by Gasteiger charge is -2.45. The fourth-order valence-electron chi connectivity index (χ4n) is 3.47. The fourth-order valence-corrected chi connectivity index (χ4v) is 3.65. The molecule has 1 aliphatic heterocycles. The Balaban J connectivity index is 1.68. The van der Waals surface area contributed by atoms with Gasteiger partial charge in [-0.25, -0.2) is 0 Å². The first-order chi connectivity index (χ1) is 13.2. The van der Waals surface area contributed by atoms with Crippen molar-refractivity contribution in [2.24, 2.45) is 0 Å². The molecule has 0 spiro atoms. The highest BCUT2D eigenvalue weighted by Gasteiger charge is 2.33. The van der Waals surface area contributed by atoms with E-state index >= 15 is 0 Å². The zero-order chi connectivity index (χ0) is 20.5. The third-order valence-electron chi connectivity index (χ3n) is 4.99. The molecule has 0 radical (unpaired) electrons. The number of nitrogens with one attached hydrogen (secondary N) is 1. The van der Waals surface area contributed by atoms with Gasteiger partial charge in [-0.05, 0) is 52.8 Å². The molecule has 1 N–H and O–H groups in total. The SMILES string of the molecule is Cc1nn(-c2cccc(Cl)c2)nc1C(=O)NCC(C)(C)N1C[C@@H](C)O[C@@H](C)C1. The van der Waals surface area contributed by atoms with Crippen LogP contribution >= 0.6 is 11.6 Å². The molecule has 2 heterocycles. The van der Waals surface area contributed by atoms with Crippen molar-refractivity contribution in [2.75, 3.05) is 19.6 Å². The van der Waals surface area contributed by atoms with Crippen molar-refractivity contribution >= 4 is 17.5 Å². The van der Waals surface area contributed by atoms with Crippen molar-refractivity contribution in [1.29, 1.82) is 0 Å². The fraction of sp³-hybridized carbons (Fsp3) is 0.550. The molecule has 1 aromatic heterocycles. The van der Waals surface area contributed by atoms with Gasteiger partial charge < -0.3 is 10.1 Å². The summed E-state index contributed by atoms with van der Waals surface area (Å²) in [6.45, 7) is 12.4. The third kappa shape index (κ3) is 4.71. The number of nitrogens with zero attached hydrogens (tertiary/aromatic N) is 4. The molecule has 2 aromatic rings. The van der Waals surface area contributed by atoms with Crippen molar-refractivity contribution in [3.8, 4) is 5.69 Å². The number of carbonyl (C=O) groups excluding carboxylic acids is 1. The van der Waals surface area contributed by atoms with Crippen LogP contribution < -0.4 is 5.32 Å². The smallest absolute Gasteiger partial charge is 0.273 e. The van der Waals surface area contributed by atoms with Gasteiger partial charge in [-0.1, -0.05) is 17.7 Å². The Hall–Kier alpha value is -1.96. The number of halogens is 1. The summed E-state index contributed by atoms with van der Waals surface area (Å²) < 4.78 is 5.82. The molecule has 1 aliphatic rings. The molecular weight excluding hydrogens is 378 g/mol. The molecule has 0 aliphatic carbocycles. The lowest BCUT2D eigenvalue weighted by Crippen LogP contribution is -2.58. The number of aryl methyl sites for hydroxylation is 1. The summed E-state index contributed by atoms with van der Waals surface area (Å²) in [7, 11) is 0. The Morgan fingerprint density at radius 1 is 1.29 bits per heavy atom. The van der Waals surface area contributed by atoms with E-state index in [0.717, 1.165) is 13.1 Å². The molecule has 0 saturated carbocycles. The molecule has 28 heavy (non-hydrogen) atoms. The second-order valence-corrected chi connectivity index (χ2v) is 8.50. The van der Waals surface area contributed by atoms with Gasteiger partial charge in [0.2, 0.25) is 0 Å². The number of benzene rings is 1. The van der Waals surface area contributed by atoms with E-state index in [2.05, 4.69) is 48.1 Å². The zero-order valence-corrected chi connectivity index (χ0v) is 17.8. The van der Waals surface area contributed by atoms with Gasteiger partial charge in [-0.15, -0.1) is 5.10 Å². The highest BCUT2D eigenvalue weighted by atomic mass is 35.5. The molecule has 0 bridgehead atoms. The molecule has 1 saturated heterocycles. The number of aromatic nitrogens is 3. The number of hydrogen-bond donors (Lipinski definition) is 1. The maximum atomic E-state index is 12.7. The quantitative estimate of drug-likeness (QED) is 0.828. The van der Waals surface area contributed by atoms with Gasteiger partial charge in [-0.3, -0.25) is 9.69 Å². The number of morpholine rings is 1. The summed E-state index contributed by atoms with van der Waals surface area (Å²) in [4.78, 5) is 16.5. The normalized spacial score (nSPS) is 20.9. The predicted octanol–water partition coefficient (Wildman–Crippen LogP) is 2.85. The number of rotatable bonds is 5. The molecule has 0 unspecified atom stereocenters. The summed E-state index contributed by atoms with van der Waals surface area (Å²) in [5, 5.41) is 12.3. The Bertz CT molecular complexity index is 841. The van der Waals surface area contributed by atoms with Crippen LogP contribution in [0.2, 0.25) is 5.02 Å². The Morgan fingerprint density at radius 3 is 2.61 bits per heavy atom. The number of hydrogen-bond acceptors (Lipinski definition) is 5. The Kier molecular flexibility index (Phi) is 6.07. The minimum atomic E-state index is -0.229. The first-order valence-electron chi connectivity index (χ1n) is 9.54. The van der Waals surface area contributed by atoms with E-state index in [1.807, 2.05) is 12.1 Å². The molecule has 1 amide bonds. The molecule has 2 atom stereocenters. The van der Waals surface area contributed by atoms with E-state index in [4.69, 9.17) is 16.3 Å². The van der Waals surface area contributed by atoms with Crippen LogP contribution in [-0.2, 0) is 4.74 Å². The first-order valence-corrected chi connectivity index (χ1v) is 9.92. The lowest BCUT2D eigenvalue weighted by molar-refractivity contribution is -0.0948. The van der Waals surface area contributed by atoms with E-state index in [1.165, 1.54) is 4.80 Å². The van der Waals surface area contributed by atoms with Crippen LogP contribution in [0.4, 0.5) is 0 Å². The van der Waals surface area contributed by atoms with Crippen molar-refractivity contribution in [3.63, 3.8) is 0 Å². The van der Waals surface area contributed by atoms with E-state index < -0.39 is 0 Å². The molecule has 1 aromatic carbocycles. The van der Waals surface area contributed by atoms with E-state index in [9.17, 15) is 4.79 Å². The highest BCUT2D eigenvalue weighted by Crippen LogP contribution is 2.21. The van der Waals surface area contributed by atoms with Crippen LogP contribution in [-0.4, -0.2) is 63.2 Å². The van der Waals surface area contributed by atoms with Gasteiger partial charge in [0.15, 0.2) is 5.69 Å². The summed E-state index contributed by atoms with van der Waals surface area (Å²) in [5.74, 6) is -0.229. The van der Waals surface area contributed by atoms with Crippen LogP contribution in [0.1, 0.15) is 43.9 Å². The largest absolute Gasteiger partial charge is 0.373 e. The minimum Gasteiger partial charge on any atom is -0.373 e. The van der Waals surface area contributed by atoms with Crippen LogP contribution in [0.5, 0.6) is 0 Å². The molecule has 152 valence electrons. The van der Waals surface area contributed by atoms with Crippen LogP contribution in [0, 0.1) is 6.92 Å². The maximum Gasteiger partial charge on any atom is 0.273 e.